The largest absolute Gasteiger partial charge is 0.488 e. The number of hydrogen-bond donors (Lipinski definition) is 1. The molecule has 2 rings (SSSR count). The van der Waals surface area contributed by atoms with Crippen molar-refractivity contribution in [1.82, 2.24) is 4.98 Å². The molecule has 19 heavy (non-hydrogen) atoms. The predicted molar refractivity (Wildman–Crippen MR) is 79.7 cm³/mol. The second kappa shape index (κ2) is 7.37. The minimum absolute atomic E-state index is 0.377. The molecule has 2 unspecified atom stereocenters. The highest BCUT2D eigenvalue weighted by molar-refractivity contribution is 5.45. The number of aromatic nitrogens is 1. The summed E-state index contributed by atoms with van der Waals surface area (Å²) in [4.78, 5) is 4.27. The highest BCUT2D eigenvalue weighted by atomic mass is 16.5. The monoisotopic (exact) mass is 262 g/mol. The topological polar surface area (TPSA) is 34.2 Å². The molecule has 0 radical (unpaired) electrons. The highest BCUT2D eigenvalue weighted by Crippen LogP contribution is 2.30. The molecule has 0 spiro atoms. The van der Waals surface area contributed by atoms with Gasteiger partial charge in [0.05, 0.1) is 18.1 Å². The molecule has 0 aliphatic heterocycles. The number of hydrogen-bond acceptors (Lipinski definition) is 3. The van der Waals surface area contributed by atoms with Crippen LogP contribution < -0.4 is 10.1 Å². The Morgan fingerprint density at radius 1 is 1.26 bits per heavy atom. The molecule has 106 valence electrons. The van der Waals surface area contributed by atoms with E-state index in [9.17, 15) is 0 Å². The summed E-state index contributed by atoms with van der Waals surface area (Å²) in [6.07, 6.45) is 11.5. The Balaban J connectivity index is 1.97. The fraction of sp³-hybridized carbons (Fsp3) is 0.688. The Hall–Kier alpha value is -1.25. The molecule has 1 N–H and O–H groups in total. The van der Waals surface area contributed by atoms with Crippen LogP contribution in [0.5, 0.6) is 5.75 Å². The molecule has 1 saturated carbocycles. The molecular weight excluding hydrogens is 236 g/mol. The summed E-state index contributed by atoms with van der Waals surface area (Å²) in [5, 5.41) is 3.35. The lowest BCUT2D eigenvalue weighted by Gasteiger charge is -2.31. The van der Waals surface area contributed by atoms with E-state index in [4.69, 9.17) is 4.74 Å². The van der Waals surface area contributed by atoms with Gasteiger partial charge in [-0.05, 0) is 38.0 Å². The standard InChI is InChI=1S/C16H26N2O/c1-3-9-18-14-10-15(12-17-11-14)19-16-8-6-5-7-13(16)4-2/h10-13,16,18H,3-9H2,1-2H3. The lowest BCUT2D eigenvalue weighted by molar-refractivity contribution is 0.0901. The first-order valence-corrected chi connectivity index (χ1v) is 7.69. The molecular formula is C16H26N2O. The van der Waals surface area contributed by atoms with Crippen LogP contribution in [0.2, 0.25) is 0 Å². The summed E-state index contributed by atoms with van der Waals surface area (Å²) >= 11 is 0. The van der Waals surface area contributed by atoms with Crippen LogP contribution in [0.3, 0.4) is 0 Å². The first-order chi connectivity index (χ1) is 9.33. The summed E-state index contributed by atoms with van der Waals surface area (Å²) in [6, 6.07) is 2.07. The molecule has 1 heterocycles. The van der Waals surface area contributed by atoms with Crippen molar-refractivity contribution >= 4 is 5.69 Å². The van der Waals surface area contributed by atoms with E-state index in [1.54, 1.807) is 0 Å². The maximum Gasteiger partial charge on any atom is 0.140 e. The van der Waals surface area contributed by atoms with Gasteiger partial charge in [-0.2, -0.15) is 0 Å². The number of nitrogens with zero attached hydrogens (tertiary/aromatic N) is 1. The van der Waals surface area contributed by atoms with Gasteiger partial charge in [-0.3, -0.25) is 4.98 Å². The van der Waals surface area contributed by atoms with Crippen LogP contribution in [-0.4, -0.2) is 17.6 Å². The summed E-state index contributed by atoms with van der Waals surface area (Å²) in [5.74, 6) is 1.62. The fourth-order valence-electron chi connectivity index (χ4n) is 2.82. The van der Waals surface area contributed by atoms with Crippen molar-refractivity contribution in [2.75, 3.05) is 11.9 Å². The van der Waals surface area contributed by atoms with Gasteiger partial charge in [-0.15, -0.1) is 0 Å². The van der Waals surface area contributed by atoms with E-state index in [1.807, 2.05) is 12.4 Å². The minimum atomic E-state index is 0.377. The van der Waals surface area contributed by atoms with E-state index in [-0.39, 0.29) is 0 Å². The summed E-state index contributed by atoms with van der Waals surface area (Å²) in [6.45, 7) is 5.41. The molecule has 1 aromatic heterocycles. The molecule has 3 nitrogen and oxygen atoms in total. The third-order valence-electron chi connectivity index (χ3n) is 3.94. The van der Waals surface area contributed by atoms with Gasteiger partial charge >= 0.3 is 0 Å². The predicted octanol–water partition coefficient (Wildman–Crippen LogP) is 4.25. The van der Waals surface area contributed by atoms with E-state index in [1.165, 1.54) is 32.1 Å². The number of anilines is 1. The van der Waals surface area contributed by atoms with Crippen molar-refractivity contribution in [1.29, 1.82) is 0 Å². The Morgan fingerprint density at radius 2 is 2.11 bits per heavy atom. The highest BCUT2D eigenvalue weighted by Gasteiger charge is 2.25. The molecule has 1 aliphatic rings. The second-order valence-electron chi connectivity index (χ2n) is 5.45. The first kappa shape index (κ1) is 14.2. The van der Waals surface area contributed by atoms with Gasteiger partial charge in [0.1, 0.15) is 11.9 Å². The Kier molecular flexibility index (Phi) is 5.49. The summed E-state index contributed by atoms with van der Waals surface area (Å²) in [5.41, 5.74) is 1.06. The molecule has 0 bridgehead atoms. The van der Waals surface area contributed by atoms with Crippen molar-refractivity contribution in [2.24, 2.45) is 5.92 Å². The van der Waals surface area contributed by atoms with Gasteiger partial charge in [0.25, 0.3) is 0 Å². The quantitative estimate of drug-likeness (QED) is 0.832. The first-order valence-electron chi connectivity index (χ1n) is 7.69. The van der Waals surface area contributed by atoms with Crippen molar-refractivity contribution < 1.29 is 4.74 Å². The normalized spacial score (nSPS) is 23.1. The molecule has 0 amide bonds. The Morgan fingerprint density at radius 3 is 2.89 bits per heavy atom. The van der Waals surface area contributed by atoms with Gasteiger partial charge in [0.15, 0.2) is 0 Å². The molecule has 2 atom stereocenters. The fourth-order valence-corrected chi connectivity index (χ4v) is 2.82. The lowest BCUT2D eigenvalue weighted by Crippen LogP contribution is -2.29. The van der Waals surface area contributed by atoms with Gasteiger partial charge in [0, 0.05) is 12.6 Å². The van der Waals surface area contributed by atoms with Crippen molar-refractivity contribution in [3.05, 3.63) is 18.5 Å². The molecule has 0 saturated heterocycles. The van der Waals surface area contributed by atoms with E-state index < -0.39 is 0 Å². The number of rotatable bonds is 6. The second-order valence-corrected chi connectivity index (χ2v) is 5.45. The zero-order valence-electron chi connectivity index (χ0n) is 12.2. The van der Waals surface area contributed by atoms with Gasteiger partial charge in [0.2, 0.25) is 0 Å². The van der Waals surface area contributed by atoms with Gasteiger partial charge in [-0.1, -0.05) is 20.3 Å². The SMILES string of the molecule is CCCNc1cncc(OC2CCCCC2CC)c1. The lowest BCUT2D eigenvalue weighted by atomic mass is 9.85. The molecule has 1 aromatic rings. The molecule has 1 fully saturated rings. The van der Waals surface area contributed by atoms with Gasteiger partial charge in [-0.25, -0.2) is 0 Å². The zero-order valence-corrected chi connectivity index (χ0v) is 12.2. The Labute approximate surface area is 116 Å². The van der Waals surface area contributed by atoms with Crippen LogP contribution in [0.1, 0.15) is 52.4 Å². The van der Waals surface area contributed by atoms with Crippen LogP contribution in [-0.2, 0) is 0 Å². The number of ether oxygens (including phenoxy) is 1. The maximum atomic E-state index is 6.18. The third kappa shape index (κ3) is 4.12. The van der Waals surface area contributed by atoms with Crippen molar-refractivity contribution in [3.63, 3.8) is 0 Å². The Bertz CT molecular complexity index is 381. The van der Waals surface area contributed by atoms with E-state index >= 15 is 0 Å². The van der Waals surface area contributed by atoms with Crippen molar-refractivity contribution in [2.45, 2.75) is 58.5 Å². The number of nitrogens with one attached hydrogen (secondary N) is 1. The van der Waals surface area contributed by atoms with Crippen LogP contribution in [0.15, 0.2) is 18.5 Å². The minimum Gasteiger partial charge on any atom is -0.488 e. The third-order valence-corrected chi connectivity index (χ3v) is 3.94. The van der Waals surface area contributed by atoms with Crippen LogP contribution in [0, 0.1) is 5.92 Å². The number of pyridine rings is 1. The summed E-state index contributed by atoms with van der Waals surface area (Å²) < 4.78 is 6.18. The molecule has 3 heteroatoms. The molecule has 0 aromatic carbocycles. The van der Waals surface area contributed by atoms with Gasteiger partial charge < -0.3 is 10.1 Å². The van der Waals surface area contributed by atoms with Crippen LogP contribution in [0.25, 0.3) is 0 Å². The zero-order chi connectivity index (χ0) is 13.5. The summed E-state index contributed by atoms with van der Waals surface area (Å²) in [7, 11) is 0. The average molecular weight is 262 g/mol. The average Bonchev–Trinajstić information content (AvgIpc) is 2.46. The smallest absolute Gasteiger partial charge is 0.140 e. The maximum absolute atomic E-state index is 6.18. The van der Waals surface area contributed by atoms with E-state index in [2.05, 4.69) is 30.2 Å². The van der Waals surface area contributed by atoms with E-state index in [0.717, 1.165) is 24.4 Å². The van der Waals surface area contributed by atoms with Crippen molar-refractivity contribution in [3.8, 4) is 5.75 Å². The van der Waals surface area contributed by atoms with Crippen LogP contribution in [0.4, 0.5) is 5.69 Å². The molecule has 1 aliphatic carbocycles. The van der Waals surface area contributed by atoms with E-state index in [0.29, 0.717) is 12.0 Å². The van der Waals surface area contributed by atoms with Crippen LogP contribution >= 0.6 is 0 Å².